The summed E-state index contributed by atoms with van der Waals surface area (Å²) in [6, 6.07) is 6.05. The number of likely N-dealkylation sites (tertiary alicyclic amines) is 1. The molecule has 2 N–H and O–H groups in total. The molecule has 1 aromatic rings. The van der Waals surface area contributed by atoms with E-state index in [9.17, 15) is 14.4 Å². The molecule has 0 radical (unpaired) electrons. The lowest BCUT2D eigenvalue weighted by Crippen LogP contribution is -2.52. The molecule has 0 bridgehead atoms. The van der Waals surface area contributed by atoms with Crippen LogP contribution in [-0.4, -0.2) is 59.2 Å². The number of benzene rings is 1. The topological polar surface area (TPSA) is 81.8 Å². The Labute approximate surface area is 164 Å². The van der Waals surface area contributed by atoms with Gasteiger partial charge in [-0.05, 0) is 49.4 Å². The Kier molecular flexibility index (Phi) is 4.44. The number of fused-ring (bicyclic) bond motifs is 2. The first-order valence-corrected chi connectivity index (χ1v) is 10.3. The van der Waals surface area contributed by atoms with Crippen molar-refractivity contribution in [2.75, 3.05) is 19.6 Å². The van der Waals surface area contributed by atoms with Crippen LogP contribution in [0.15, 0.2) is 18.2 Å². The summed E-state index contributed by atoms with van der Waals surface area (Å²) in [4.78, 5) is 41.1. The molecule has 7 nitrogen and oxygen atoms in total. The van der Waals surface area contributed by atoms with Gasteiger partial charge < -0.3 is 10.2 Å². The van der Waals surface area contributed by atoms with Crippen LogP contribution in [0.3, 0.4) is 0 Å². The van der Waals surface area contributed by atoms with Crippen molar-refractivity contribution in [2.45, 2.75) is 50.9 Å². The van der Waals surface area contributed by atoms with E-state index in [1.54, 1.807) is 4.90 Å². The van der Waals surface area contributed by atoms with Gasteiger partial charge in [0.2, 0.25) is 11.8 Å². The average Bonchev–Trinajstić information content (AvgIpc) is 3.24. The predicted molar refractivity (Wildman–Crippen MR) is 102 cm³/mol. The number of rotatable bonds is 3. The summed E-state index contributed by atoms with van der Waals surface area (Å²) in [6.07, 6.45) is 3.16. The molecule has 3 fully saturated rings. The standard InChI is InChI=1S/C21H26N4O3/c26-18-5-4-16(20(27)23-18)25-12-15-3-1-2-14(19(15)21(25)28)11-24-9-7-13-6-8-22-10-17(13)24/h1-3,13,16-17,22H,4-12H2,(H,23,26,27). The highest BCUT2D eigenvalue weighted by atomic mass is 16.2. The highest BCUT2D eigenvalue weighted by Gasteiger charge is 2.41. The zero-order valence-electron chi connectivity index (χ0n) is 15.9. The maximum Gasteiger partial charge on any atom is 0.255 e. The summed E-state index contributed by atoms with van der Waals surface area (Å²) >= 11 is 0. The molecule has 3 saturated heterocycles. The molecule has 0 aliphatic carbocycles. The van der Waals surface area contributed by atoms with Gasteiger partial charge in [0.05, 0.1) is 0 Å². The van der Waals surface area contributed by atoms with E-state index in [4.69, 9.17) is 0 Å². The Morgan fingerprint density at radius 2 is 2.00 bits per heavy atom. The van der Waals surface area contributed by atoms with Crippen molar-refractivity contribution in [1.29, 1.82) is 0 Å². The van der Waals surface area contributed by atoms with Crippen molar-refractivity contribution in [2.24, 2.45) is 5.92 Å². The lowest BCUT2D eigenvalue weighted by Gasteiger charge is -2.32. The highest BCUT2D eigenvalue weighted by Crippen LogP contribution is 2.34. The molecule has 0 aromatic heterocycles. The summed E-state index contributed by atoms with van der Waals surface area (Å²) in [5.74, 6) is 0.0803. The van der Waals surface area contributed by atoms with Gasteiger partial charge in [0.25, 0.3) is 5.91 Å². The molecule has 3 amide bonds. The molecule has 3 atom stereocenters. The smallest absolute Gasteiger partial charge is 0.255 e. The zero-order valence-corrected chi connectivity index (χ0v) is 15.9. The molecule has 0 spiro atoms. The van der Waals surface area contributed by atoms with Gasteiger partial charge in [0.1, 0.15) is 6.04 Å². The fourth-order valence-corrected chi connectivity index (χ4v) is 5.39. The monoisotopic (exact) mass is 382 g/mol. The highest BCUT2D eigenvalue weighted by molar-refractivity contribution is 6.05. The molecule has 4 aliphatic heterocycles. The molecular formula is C21H26N4O3. The van der Waals surface area contributed by atoms with Gasteiger partial charge >= 0.3 is 0 Å². The average molecular weight is 382 g/mol. The Balaban J connectivity index is 1.37. The normalized spacial score (nSPS) is 30.4. The van der Waals surface area contributed by atoms with Crippen molar-refractivity contribution >= 4 is 17.7 Å². The molecule has 4 heterocycles. The van der Waals surface area contributed by atoms with Gasteiger partial charge in [-0.15, -0.1) is 0 Å². The molecule has 0 saturated carbocycles. The van der Waals surface area contributed by atoms with Crippen LogP contribution in [0.25, 0.3) is 0 Å². The Morgan fingerprint density at radius 3 is 2.86 bits per heavy atom. The van der Waals surface area contributed by atoms with Crippen molar-refractivity contribution in [3.63, 3.8) is 0 Å². The van der Waals surface area contributed by atoms with Crippen LogP contribution >= 0.6 is 0 Å². The third-order valence-electron chi connectivity index (χ3n) is 6.86. The first kappa shape index (κ1) is 17.8. The zero-order chi connectivity index (χ0) is 19.3. The van der Waals surface area contributed by atoms with E-state index in [1.807, 2.05) is 18.2 Å². The van der Waals surface area contributed by atoms with E-state index in [-0.39, 0.29) is 24.1 Å². The van der Waals surface area contributed by atoms with Gasteiger partial charge in [-0.3, -0.25) is 24.6 Å². The molecule has 3 unspecified atom stereocenters. The number of carbonyl (C=O) groups is 3. The van der Waals surface area contributed by atoms with Gasteiger partial charge in [0.15, 0.2) is 0 Å². The van der Waals surface area contributed by atoms with Gasteiger partial charge in [-0.1, -0.05) is 18.2 Å². The number of nitrogens with one attached hydrogen (secondary N) is 2. The summed E-state index contributed by atoms with van der Waals surface area (Å²) in [5, 5.41) is 5.87. The second-order valence-corrected chi connectivity index (χ2v) is 8.43. The Hall–Kier alpha value is -2.25. The molecule has 5 rings (SSSR count). The molecular weight excluding hydrogens is 356 g/mol. The van der Waals surface area contributed by atoms with Gasteiger partial charge in [0, 0.05) is 37.7 Å². The van der Waals surface area contributed by atoms with E-state index in [0.717, 1.165) is 48.8 Å². The minimum Gasteiger partial charge on any atom is -0.322 e. The molecule has 28 heavy (non-hydrogen) atoms. The van der Waals surface area contributed by atoms with E-state index < -0.39 is 6.04 Å². The van der Waals surface area contributed by atoms with Crippen LogP contribution in [0.2, 0.25) is 0 Å². The van der Waals surface area contributed by atoms with Crippen molar-refractivity contribution < 1.29 is 14.4 Å². The van der Waals surface area contributed by atoms with E-state index in [2.05, 4.69) is 15.5 Å². The maximum atomic E-state index is 13.2. The largest absolute Gasteiger partial charge is 0.322 e. The predicted octanol–water partition coefficient (Wildman–Crippen LogP) is 0.631. The Bertz CT molecular complexity index is 839. The Morgan fingerprint density at radius 1 is 1.11 bits per heavy atom. The third kappa shape index (κ3) is 2.93. The van der Waals surface area contributed by atoms with Crippen LogP contribution in [0.1, 0.15) is 47.2 Å². The lowest BCUT2D eigenvalue weighted by atomic mass is 9.93. The minimum absolute atomic E-state index is 0.0717. The summed E-state index contributed by atoms with van der Waals surface area (Å²) in [6.45, 7) is 4.43. The molecule has 7 heteroatoms. The lowest BCUT2D eigenvalue weighted by molar-refractivity contribution is -0.136. The fraction of sp³-hybridized carbons (Fsp3) is 0.571. The number of nitrogens with zero attached hydrogens (tertiary/aromatic N) is 2. The number of carbonyl (C=O) groups excluding carboxylic acids is 3. The van der Waals surface area contributed by atoms with Gasteiger partial charge in [-0.2, -0.15) is 0 Å². The van der Waals surface area contributed by atoms with Crippen molar-refractivity contribution in [3.05, 3.63) is 34.9 Å². The van der Waals surface area contributed by atoms with Crippen LogP contribution < -0.4 is 10.6 Å². The van der Waals surface area contributed by atoms with Crippen molar-refractivity contribution in [1.82, 2.24) is 20.4 Å². The van der Waals surface area contributed by atoms with E-state index in [0.29, 0.717) is 19.0 Å². The number of amides is 3. The summed E-state index contributed by atoms with van der Waals surface area (Å²) in [7, 11) is 0. The van der Waals surface area contributed by atoms with Crippen molar-refractivity contribution in [3.8, 4) is 0 Å². The first-order valence-electron chi connectivity index (χ1n) is 10.3. The van der Waals surface area contributed by atoms with Crippen LogP contribution in [0, 0.1) is 5.92 Å². The summed E-state index contributed by atoms with van der Waals surface area (Å²) in [5.41, 5.74) is 2.81. The number of hydrogen-bond donors (Lipinski definition) is 2. The molecule has 4 aliphatic rings. The maximum absolute atomic E-state index is 13.2. The van der Waals surface area contributed by atoms with Crippen LogP contribution in [-0.2, 0) is 22.7 Å². The number of piperidine rings is 2. The second-order valence-electron chi connectivity index (χ2n) is 8.43. The minimum atomic E-state index is -0.552. The molecule has 1 aromatic carbocycles. The molecule has 148 valence electrons. The summed E-state index contributed by atoms with van der Waals surface area (Å²) < 4.78 is 0. The van der Waals surface area contributed by atoms with E-state index >= 15 is 0 Å². The fourth-order valence-electron chi connectivity index (χ4n) is 5.39. The van der Waals surface area contributed by atoms with Gasteiger partial charge in [-0.25, -0.2) is 0 Å². The SMILES string of the molecule is O=C1CCC(N2Cc3cccc(CN4CCC5CCNCC54)c3C2=O)C(=O)N1. The number of imide groups is 1. The quantitative estimate of drug-likeness (QED) is 0.750. The third-order valence-corrected chi connectivity index (χ3v) is 6.86. The second kappa shape index (κ2) is 6.97. The van der Waals surface area contributed by atoms with E-state index in [1.165, 1.54) is 12.8 Å². The van der Waals surface area contributed by atoms with Crippen LogP contribution in [0.5, 0.6) is 0 Å². The number of hydrogen-bond acceptors (Lipinski definition) is 5. The van der Waals surface area contributed by atoms with Crippen LogP contribution in [0.4, 0.5) is 0 Å². The first-order chi connectivity index (χ1) is 13.6.